The van der Waals surface area contributed by atoms with Crippen LogP contribution in [-0.4, -0.2) is 78.8 Å². The molecule has 0 aliphatic carbocycles. The number of benzene rings is 1. The summed E-state index contributed by atoms with van der Waals surface area (Å²) in [6.45, 7) is 9.08. The number of fused-ring (bicyclic) bond motifs is 1. The number of amides is 3. The van der Waals surface area contributed by atoms with Gasteiger partial charge in [-0.25, -0.2) is 0 Å². The number of likely N-dealkylation sites (tertiary alicyclic amines) is 3. The molecule has 3 amide bonds. The Hall–Kier alpha value is -2.57. The minimum atomic E-state index is -0.690. The van der Waals surface area contributed by atoms with E-state index in [-0.39, 0.29) is 29.6 Å². The SMILES string of the molecule is COc1ccc(C(=O)N2C[C@@H]3CN(C(=O)C(C)C)C[C@]3(C(=O)N3CCCC3)C2)c(C)c1. The van der Waals surface area contributed by atoms with Crippen molar-refractivity contribution in [3.63, 3.8) is 0 Å². The molecule has 0 saturated carbocycles. The van der Waals surface area contributed by atoms with Gasteiger partial charge in [0.25, 0.3) is 5.91 Å². The number of nitrogens with zero attached hydrogens (tertiary/aromatic N) is 3. The Labute approximate surface area is 184 Å². The lowest BCUT2D eigenvalue weighted by Crippen LogP contribution is -2.49. The molecule has 0 spiro atoms. The second kappa shape index (κ2) is 8.17. The zero-order valence-electron chi connectivity index (χ0n) is 19.0. The second-order valence-electron chi connectivity index (χ2n) is 9.59. The summed E-state index contributed by atoms with van der Waals surface area (Å²) in [5.41, 5.74) is 0.808. The maximum absolute atomic E-state index is 13.7. The molecular weight excluding hydrogens is 394 g/mol. The lowest BCUT2D eigenvalue weighted by Gasteiger charge is -2.32. The summed E-state index contributed by atoms with van der Waals surface area (Å²) in [6, 6.07) is 5.46. The summed E-state index contributed by atoms with van der Waals surface area (Å²) >= 11 is 0. The molecule has 3 saturated heterocycles. The van der Waals surface area contributed by atoms with Crippen LogP contribution in [0.3, 0.4) is 0 Å². The van der Waals surface area contributed by atoms with Crippen LogP contribution in [0.25, 0.3) is 0 Å². The van der Waals surface area contributed by atoms with E-state index >= 15 is 0 Å². The van der Waals surface area contributed by atoms with Crippen molar-refractivity contribution in [1.29, 1.82) is 0 Å². The Morgan fingerprint density at radius 2 is 1.68 bits per heavy atom. The van der Waals surface area contributed by atoms with Crippen LogP contribution in [0.2, 0.25) is 0 Å². The third-order valence-corrected chi connectivity index (χ3v) is 7.19. The van der Waals surface area contributed by atoms with Crippen LogP contribution in [0.15, 0.2) is 18.2 Å². The number of ether oxygens (including phenoxy) is 1. The Morgan fingerprint density at radius 3 is 2.29 bits per heavy atom. The van der Waals surface area contributed by atoms with Crippen molar-refractivity contribution in [2.24, 2.45) is 17.3 Å². The number of methoxy groups -OCH3 is 1. The van der Waals surface area contributed by atoms with Gasteiger partial charge in [-0.3, -0.25) is 14.4 Å². The van der Waals surface area contributed by atoms with Crippen LogP contribution in [0, 0.1) is 24.2 Å². The van der Waals surface area contributed by atoms with Crippen molar-refractivity contribution in [3.8, 4) is 5.75 Å². The summed E-state index contributed by atoms with van der Waals surface area (Å²) in [7, 11) is 1.61. The predicted octanol–water partition coefficient (Wildman–Crippen LogP) is 2.18. The van der Waals surface area contributed by atoms with Crippen molar-refractivity contribution in [1.82, 2.24) is 14.7 Å². The Bertz CT molecular complexity index is 893. The number of carbonyl (C=O) groups is 3. The predicted molar refractivity (Wildman–Crippen MR) is 117 cm³/mol. The highest BCUT2D eigenvalue weighted by Crippen LogP contribution is 2.45. The number of hydrogen-bond acceptors (Lipinski definition) is 4. The quantitative estimate of drug-likeness (QED) is 0.739. The van der Waals surface area contributed by atoms with Crippen LogP contribution >= 0.6 is 0 Å². The molecule has 3 heterocycles. The van der Waals surface area contributed by atoms with Crippen molar-refractivity contribution < 1.29 is 19.1 Å². The molecule has 7 heteroatoms. The number of rotatable bonds is 4. The molecule has 31 heavy (non-hydrogen) atoms. The van der Waals surface area contributed by atoms with Crippen LogP contribution in [0.5, 0.6) is 5.75 Å². The minimum absolute atomic E-state index is 0.0224. The molecule has 0 N–H and O–H groups in total. The number of aryl methyl sites for hydroxylation is 1. The zero-order valence-corrected chi connectivity index (χ0v) is 19.0. The minimum Gasteiger partial charge on any atom is -0.497 e. The van der Waals surface area contributed by atoms with Crippen molar-refractivity contribution in [2.45, 2.75) is 33.6 Å². The first kappa shape index (κ1) is 21.7. The molecule has 0 bridgehead atoms. The van der Waals surface area contributed by atoms with Gasteiger partial charge in [0.1, 0.15) is 5.75 Å². The highest BCUT2D eigenvalue weighted by Gasteiger charge is 2.60. The summed E-state index contributed by atoms with van der Waals surface area (Å²) in [4.78, 5) is 45.4. The van der Waals surface area contributed by atoms with Gasteiger partial charge in [0.15, 0.2) is 0 Å². The standard InChI is InChI=1S/C24H33N3O4/c1-16(2)21(28)26-12-18-13-27(22(29)20-8-7-19(31-4)11-17(20)3)15-24(18,14-26)23(30)25-9-5-6-10-25/h7-8,11,16,18H,5-6,9-10,12-15H2,1-4H3/t18-,24-/m0/s1. The topological polar surface area (TPSA) is 70.2 Å². The van der Waals surface area contributed by atoms with Gasteiger partial charge in [-0.1, -0.05) is 13.8 Å². The fourth-order valence-electron chi connectivity index (χ4n) is 5.46. The fourth-order valence-corrected chi connectivity index (χ4v) is 5.46. The van der Waals surface area contributed by atoms with Gasteiger partial charge in [-0.2, -0.15) is 0 Å². The van der Waals surface area contributed by atoms with E-state index in [0.29, 0.717) is 31.7 Å². The van der Waals surface area contributed by atoms with Gasteiger partial charge in [0, 0.05) is 56.7 Å². The third-order valence-electron chi connectivity index (χ3n) is 7.19. The first-order valence-electron chi connectivity index (χ1n) is 11.3. The molecule has 3 fully saturated rings. The maximum Gasteiger partial charge on any atom is 0.254 e. The molecule has 2 atom stereocenters. The molecule has 7 nitrogen and oxygen atoms in total. The summed E-state index contributed by atoms with van der Waals surface area (Å²) in [6.07, 6.45) is 2.05. The van der Waals surface area contributed by atoms with E-state index in [1.165, 1.54) is 0 Å². The average Bonchev–Trinajstić information content (AvgIpc) is 3.46. The molecule has 3 aliphatic heterocycles. The lowest BCUT2D eigenvalue weighted by molar-refractivity contribution is -0.141. The number of hydrogen-bond donors (Lipinski definition) is 0. The Kier molecular flexibility index (Phi) is 5.71. The van der Waals surface area contributed by atoms with Crippen LogP contribution in [0.1, 0.15) is 42.6 Å². The summed E-state index contributed by atoms with van der Waals surface area (Å²) in [5, 5.41) is 0. The van der Waals surface area contributed by atoms with Crippen molar-refractivity contribution in [3.05, 3.63) is 29.3 Å². The molecular formula is C24H33N3O4. The van der Waals surface area contributed by atoms with Gasteiger partial charge in [-0.15, -0.1) is 0 Å². The zero-order chi connectivity index (χ0) is 22.3. The summed E-state index contributed by atoms with van der Waals surface area (Å²) in [5.74, 6) is 0.756. The van der Waals surface area contributed by atoms with Crippen LogP contribution in [-0.2, 0) is 9.59 Å². The molecule has 0 unspecified atom stereocenters. The highest BCUT2D eigenvalue weighted by molar-refractivity contribution is 5.97. The van der Waals surface area contributed by atoms with Crippen LogP contribution in [0.4, 0.5) is 0 Å². The second-order valence-corrected chi connectivity index (χ2v) is 9.59. The van der Waals surface area contributed by atoms with E-state index in [4.69, 9.17) is 4.74 Å². The molecule has 1 aromatic carbocycles. The third kappa shape index (κ3) is 3.68. The Balaban J connectivity index is 1.60. The highest BCUT2D eigenvalue weighted by atomic mass is 16.5. The average molecular weight is 428 g/mol. The van der Waals surface area contributed by atoms with E-state index < -0.39 is 5.41 Å². The molecule has 4 rings (SSSR count). The van der Waals surface area contributed by atoms with E-state index in [2.05, 4.69) is 0 Å². The molecule has 0 radical (unpaired) electrons. The van der Waals surface area contributed by atoms with Gasteiger partial charge in [-0.05, 0) is 43.5 Å². The van der Waals surface area contributed by atoms with E-state index in [0.717, 1.165) is 37.2 Å². The molecule has 3 aliphatic rings. The first-order chi connectivity index (χ1) is 14.8. The molecule has 1 aromatic rings. The Morgan fingerprint density at radius 1 is 1.03 bits per heavy atom. The normalized spacial score (nSPS) is 25.3. The molecule has 168 valence electrons. The largest absolute Gasteiger partial charge is 0.497 e. The van der Waals surface area contributed by atoms with Crippen molar-refractivity contribution >= 4 is 17.7 Å². The van der Waals surface area contributed by atoms with Crippen molar-refractivity contribution in [2.75, 3.05) is 46.4 Å². The van der Waals surface area contributed by atoms with E-state index in [9.17, 15) is 14.4 Å². The number of carbonyl (C=O) groups excluding carboxylic acids is 3. The van der Waals surface area contributed by atoms with Gasteiger partial charge < -0.3 is 19.4 Å². The van der Waals surface area contributed by atoms with E-state index in [1.807, 2.05) is 41.5 Å². The monoisotopic (exact) mass is 427 g/mol. The van der Waals surface area contributed by atoms with Gasteiger partial charge in [0.2, 0.25) is 11.8 Å². The summed E-state index contributed by atoms with van der Waals surface area (Å²) < 4.78 is 5.26. The molecule has 0 aromatic heterocycles. The van der Waals surface area contributed by atoms with Crippen LogP contribution < -0.4 is 4.74 Å². The lowest BCUT2D eigenvalue weighted by atomic mass is 9.79. The fraction of sp³-hybridized carbons (Fsp3) is 0.625. The van der Waals surface area contributed by atoms with Gasteiger partial charge >= 0.3 is 0 Å². The van der Waals surface area contributed by atoms with E-state index in [1.54, 1.807) is 19.2 Å². The first-order valence-corrected chi connectivity index (χ1v) is 11.3. The smallest absolute Gasteiger partial charge is 0.254 e. The van der Waals surface area contributed by atoms with Gasteiger partial charge in [0.05, 0.1) is 12.5 Å². The maximum atomic E-state index is 13.7.